The molecule has 0 aliphatic carbocycles. The van der Waals surface area contributed by atoms with Gasteiger partial charge in [0.25, 0.3) is 5.91 Å². The first-order chi connectivity index (χ1) is 10.9. The van der Waals surface area contributed by atoms with E-state index in [2.05, 4.69) is 15.0 Å². The van der Waals surface area contributed by atoms with Crippen molar-refractivity contribution in [2.24, 2.45) is 0 Å². The highest BCUT2D eigenvalue weighted by Gasteiger charge is 2.27. The van der Waals surface area contributed by atoms with Crippen LogP contribution in [0.1, 0.15) is 5.56 Å². The summed E-state index contributed by atoms with van der Waals surface area (Å²) >= 11 is 0. The normalized spacial score (nSPS) is 10.5. The third-order valence-corrected chi connectivity index (χ3v) is 2.76. The van der Waals surface area contributed by atoms with E-state index in [0.717, 1.165) is 0 Å². The smallest absolute Gasteiger partial charge is 0.258 e. The summed E-state index contributed by atoms with van der Waals surface area (Å²) in [5.74, 6) is -13.2. The zero-order chi connectivity index (χ0) is 17.0. The largest absolute Gasteiger partial charge is 0.477 e. The molecule has 0 radical (unpaired) electrons. The van der Waals surface area contributed by atoms with E-state index in [4.69, 9.17) is 0 Å². The number of aromatic nitrogens is 1. The SMILES string of the molecule is O=C(COc1c(F)c(F)c(F)c(F)c1F)NCc1ccncc1. The van der Waals surface area contributed by atoms with Gasteiger partial charge in [-0.3, -0.25) is 9.78 Å². The van der Waals surface area contributed by atoms with Crippen LogP contribution in [0.5, 0.6) is 5.75 Å². The highest BCUT2D eigenvalue weighted by atomic mass is 19.2. The number of pyridine rings is 1. The van der Waals surface area contributed by atoms with E-state index in [1.165, 1.54) is 12.4 Å². The molecule has 122 valence electrons. The molecule has 0 unspecified atom stereocenters. The fraction of sp³-hybridized carbons (Fsp3) is 0.143. The summed E-state index contributed by atoms with van der Waals surface area (Å²) in [7, 11) is 0. The van der Waals surface area contributed by atoms with Gasteiger partial charge < -0.3 is 10.1 Å². The first-order valence-corrected chi connectivity index (χ1v) is 6.21. The predicted molar refractivity (Wildman–Crippen MR) is 67.8 cm³/mol. The lowest BCUT2D eigenvalue weighted by atomic mass is 10.2. The number of halogens is 5. The van der Waals surface area contributed by atoms with E-state index < -0.39 is 47.3 Å². The Kier molecular flexibility index (Phi) is 5.09. The van der Waals surface area contributed by atoms with Gasteiger partial charge in [0, 0.05) is 18.9 Å². The first kappa shape index (κ1) is 16.7. The zero-order valence-corrected chi connectivity index (χ0v) is 11.4. The highest BCUT2D eigenvalue weighted by molar-refractivity contribution is 5.77. The molecule has 1 N–H and O–H groups in total. The summed E-state index contributed by atoms with van der Waals surface area (Å²) in [6.45, 7) is -0.828. The molecular weight excluding hydrogens is 323 g/mol. The third-order valence-electron chi connectivity index (χ3n) is 2.76. The van der Waals surface area contributed by atoms with Crippen molar-refractivity contribution in [3.05, 3.63) is 59.2 Å². The number of amides is 1. The summed E-state index contributed by atoms with van der Waals surface area (Å²) in [6.07, 6.45) is 2.99. The molecule has 1 aromatic heterocycles. The molecule has 2 aromatic rings. The number of hydrogen-bond donors (Lipinski definition) is 1. The molecule has 0 spiro atoms. The van der Waals surface area contributed by atoms with E-state index >= 15 is 0 Å². The van der Waals surface area contributed by atoms with Crippen molar-refractivity contribution < 1.29 is 31.5 Å². The second-order valence-electron chi connectivity index (χ2n) is 4.32. The van der Waals surface area contributed by atoms with Crippen molar-refractivity contribution in [1.82, 2.24) is 10.3 Å². The van der Waals surface area contributed by atoms with E-state index in [1.54, 1.807) is 12.1 Å². The molecule has 1 heterocycles. The molecule has 0 aliphatic heterocycles. The van der Waals surface area contributed by atoms with Gasteiger partial charge in [-0.2, -0.15) is 8.78 Å². The third kappa shape index (κ3) is 3.74. The number of nitrogens with zero attached hydrogens (tertiary/aromatic N) is 1. The number of rotatable bonds is 5. The molecule has 2 rings (SSSR count). The van der Waals surface area contributed by atoms with Gasteiger partial charge in [-0.15, -0.1) is 0 Å². The average Bonchev–Trinajstić information content (AvgIpc) is 2.57. The van der Waals surface area contributed by atoms with Crippen molar-refractivity contribution in [1.29, 1.82) is 0 Å². The zero-order valence-electron chi connectivity index (χ0n) is 11.4. The van der Waals surface area contributed by atoms with Gasteiger partial charge in [-0.25, -0.2) is 13.2 Å². The van der Waals surface area contributed by atoms with Crippen LogP contribution in [0, 0.1) is 29.1 Å². The van der Waals surface area contributed by atoms with Crippen molar-refractivity contribution in [3.8, 4) is 5.75 Å². The average molecular weight is 332 g/mol. The molecule has 0 aliphatic rings. The Bertz CT molecular complexity index is 696. The van der Waals surface area contributed by atoms with Gasteiger partial charge in [0.15, 0.2) is 12.4 Å². The molecular formula is C14H9F5N2O2. The van der Waals surface area contributed by atoms with Crippen LogP contribution >= 0.6 is 0 Å². The van der Waals surface area contributed by atoms with Gasteiger partial charge in [-0.05, 0) is 17.7 Å². The second-order valence-corrected chi connectivity index (χ2v) is 4.32. The van der Waals surface area contributed by atoms with Gasteiger partial charge in [0.2, 0.25) is 29.1 Å². The van der Waals surface area contributed by atoms with Crippen LogP contribution in [-0.4, -0.2) is 17.5 Å². The minimum atomic E-state index is -2.30. The summed E-state index contributed by atoms with van der Waals surface area (Å²) in [6, 6.07) is 3.23. The number of carbonyl (C=O) groups is 1. The van der Waals surface area contributed by atoms with Crippen molar-refractivity contribution >= 4 is 5.91 Å². The van der Waals surface area contributed by atoms with Crippen LogP contribution < -0.4 is 10.1 Å². The summed E-state index contributed by atoms with van der Waals surface area (Å²) in [4.78, 5) is 15.3. The molecule has 9 heteroatoms. The monoisotopic (exact) mass is 332 g/mol. The maximum Gasteiger partial charge on any atom is 0.258 e. The molecule has 1 amide bonds. The van der Waals surface area contributed by atoms with Crippen molar-refractivity contribution in [2.75, 3.05) is 6.61 Å². The number of nitrogens with one attached hydrogen (secondary N) is 1. The number of benzene rings is 1. The fourth-order valence-corrected chi connectivity index (χ4v) is 1.60. The molecule has 0 bridgehead atoms. The standard InChI is InChI=1S/C14H9F5N2O2/c15-9-10(16)12(18)14(13(19)11(9)17)23-6-8(22)21-5-7-1-3-20-4-2-7/h1-4H,5-6H2,(H,21,22). The lowest BCUT2D eigenvalue weighted by Crippen LogP contribution is -2.29. The minimum Gasteiger partial charge on any atom is -0.477 e. The molecule has 0 atom stereocenters. The lowest BCUT2D eigenvalue weighted by Gasteiger charge is -2.10. The Labute approximate surface area is 126 Å². The Morgan fingerprint density at radius 1 is 0.957 bits per heavy atom. The van der Waals surface area contributed by atoms with Crippen LogP contribution in [0.25, 0.3) is 0 Å². The van der Waals surface area contributed by atoms with E-state index in [0.29, 0.717) is 5.56 Å². The molecule has 0 fully saturated rings. The Balaban J connectivity index is 2.00. The van der Waals surface area contributed by atoms with Crippen molar-refractivity contribution in [3.63, 3.8) is 0 Å². The Hall–Kier alpha value is -2.71. The maximum atomic E-state index is 13.3. The van der Waals surface area contributed by atoms with Crippen LogP contribution in [0.2, 0.25) is 0 Å². The molecule has 0 saturated carbocycles. The van der Waals surface area contributed by atoms with Gasteiger partial charge >= 0.3 is 0 Å². The predicted octanol–water partition coefficient (Wildman–Crippen LogP) is 2.47. The van der Waals surface area contributed by atoms with Crippen molar-refractivity contribution in [2.45, 2.75) is 6.54 Å². The van der Waals surface area contributed by atoms with Crippen LogP contribution in [-0.2, 0) is 11.3 Å². The second kappa shape index (κ2) is 7.03. The van der Waals surface area contributed by atoms with E-state index in [1.807, 2.05) is 0 Å². The van der Waals surface area contributed by atoms with E-state index in [-0.39, 0.29) is 6.54 Å². The van der Waals surface area contributed by atoms with Crippen LogP contribution in [0.4, 0.5) is 22.0 Å². The minimum absolute atomic E-state index is 0.0851. The fourth-order valence-electron chi connectivity index (χ4n) is 1.60. The summed E-state index contributed by atoms with van der Waals surface area (Å²) < 4.78 is 69.8. The van der Waals surface area contributed by atoms with E-state index in [9.17, 15) is 26.7 Å². The Morgan fingerprint density at radius 3 is 2.04 bits per heavy atom. The number of carbonyl (C=O) groups excluding carboxylic acids is 1. The molecule has 23 heavy (non-hydrogen) atoms. The van der Waals surface area contributed by atoms with Gasteiger partial charge in [0.05, 0.1) is 0 Å². The summed E-state index contributed by atoms with van der Waals surface area (Å²) in [5, 5.41) is 2.35. The first-order valence-electron chi connectivity index (χ1n) is 6.21. The highest BCUT2D eigenvalue weighted by Crippen LogP contribution is 2.28. The maximum absolute atomic E-state index is 13.3. The molecule has 4 nitrogen and oxygen atoms in total. The summed E-state index contributed by atoms with van der Waals surface area (Å²) in [5.41, 5.74) is 0.699. The topological polar surface area (TPSA) is 51.2 Å². The number of ether oxygens (including phenoxy) is 1. The molecule has 1 aromatic carbocycles. The molecule has 0 saturated heterocycles. The number of hydrogen-bond acceptors (Lipinski definition) is 3. The Morgan fingerprint density at radius 2 is 1.48 bits per heavy atom. The van der Waals surface area contributed by atoms with Crippen LogP contribution in [0.3, 0.4) is 0 Å². The lowest BCUT2D eigenvalue weighted by molar-refractivity contribution is -0.123. The van der Waals surface area contributed by atoms with Crippen LogP contribution in [0.15, 0.2) is 24.5 Å². The quantitative estimate of drug-likeness (QED) is 0.520. The van der Waals surface area contributed by atoms with Gasteiger partial charge in [0.1, 0.15) is 0 Å². The van der Waals surface area contributed by atoms with Gasteiger partial charge in [-0.1, -0.05) is 0 Å².